The maximum Gasteiger partial charge on any atom is 0.339 e. The summed E-state index contributed by atoms with van der Waals surface area (Å²) in [7, 11) is -0.0674. The Balaban J connectivity index is 2.00. The van der Waals surface area contributed by atoms with Crippen molar-refractivity contribution in [1.29, 1.82) is 0 Å². The topological polar surface area (TPSA) is 128 Å². The second-order valence-corrected chi connectivity index (χ2v) is 9.46. The first-order valence-corrected chi connectivity index (χ1v) is 12.0. The van der Waals surface area contributed by atoms with Crippen LogP contribution in [0.25, 0.3) is 0 Å². The molecule has 0 spiro atoms. The minimum atomic E-state index is -3.80. The fourth-order valence-electron chi connectivity index (χ4n) is 3.65. The van der Waals surface area contributed by atoms with Crippen molar-refractivity contribution in [3.8, 4) is 5.75 Å². The van der Waals surface area contributed by atoms with Crippen LogP contribution in [0.1, 0.15) is 50.3 Å². The molecule has 1 heterocycles. The lowest BCUT2D eigenvalue weighted by atomic mass is 10.1. The molecule has 1 aliphatic rings. The first-order chi connectivity index (χ1) is 16.2. The van der Waals surface area contributed by atoms with Crippen LogP contribution >= 0.6 is 0 Å². The summed E-state index contributed by atoms with van der Waals surface area (Å²) in [5.41, 5.74) is 0.0318. The van der Waals surface area contributed by atoms with Crippen LogP contribution in [0.15, 0.2) is 41.3 Å². The van der Waals surface area contributed by atoms with Crippen molar-refractivity contribution in [3.63, 3.8) is 0 Å². The molecule has 0 bridgehead atoms. The van der Waals surface area contributed by atoms with Crippen molar-refractivity contribution < 1.29 is 37.0 Å². The van der Waals surface area contributed by atoms with Gasteiger partial charge in [-0.15, -0.1) is 0 Å². The molecule has 2 aromatic rings. The molecule has 0 saturated carbocycles. The average molecular weight is 491 g/mol. The quantitative estimate of drug-likeness (QED) is 0.587. The first-order valence-electron chi connectivity index (χ1n) is 10.5. The van der Waals surface area contributed by atoms with Gasteiger partial charge in [0.1, 0.15) is 5.75 Å². The number of esters is 2. The molecule has 1 N–H and O–H groups in total. The standard InChI is InChI=1S/C23H26N2O8S/c1-31-20-10-8-16(34(29,30)25-11-5-4-6-12-25)14-18(20)21(26)24-19-13-15(22(27)32-2)7-9-17(19)23(28)33-3/h7-10,13-14H,4-6,11-12H2,1-3H3,(H,24,26). The van der Waals surface area contributed by atoms with Gasteiger partial charge in [0, 0.05) is 13.1 Å². The predicted molar refractivity (Wildman–Crippen MR) is 123 cm³/mol. The molecule has 0 unspecified atom stereocenters. The molecular weight excluding hydrogens is 464 g/mol. The molecule has 0 radical (unpaired) electrons. The lowest BCUT2D eigenvalue weighted by Gasteiger charge is -2.26. The van der Waals surface area contributed by atoms with Gasteiger partial charge in [0.15, 0.2) is 0 Å². The van der Waals surface area contributed by atoms with E-state index in [1.807, 2.05) is 0 Å². The van der Waals surface area contributed by atoms with Crippen LogP contribution in [0, 0.1) is 0 Å². The number of hydrogen-bond acceptors (Lipinski definition) is 8. The van der Waals surface area contributed by atoms with E-state index in [-0.39, 0.29) is 33.0 Å². The summed E-state index contributed by atoms with van der Waals surface area (Å²) in [6.07, 6.45) is 2.51. The third-order valence-corrected chi connectivity index (χ3v) is 7.36. The maximum atomic E-state index is 13.2. The van der Waals surface area contributed by atoms with Gasteiger partial charge in [-0.1, -0.05) is 6.42 Å². The molecule has 1 saturated heterocycles. The second kappa shape index (κ2) is 10.7. The fourth-order valence-corrected chi connectivity index (χ4v) is 5.19. The van der Waals surface area contributed by atoms with Crippen LogP contribution in [0.3, 0.4) is 0 Å². The largest absolute Gasteiger partial charge is 0.496 e. The van der Waals surface area contributed by atoms with Crippen molar-refractivity contribution in [2.24, 2.45) is 0 Å². The molecule has 0 atom stereocenters. The highest BCUT2D eigenvalue weighted by atomic mass is 32.2. The summed E-state index contributed by atoms with van der Waals surface area (Å²) in [4.78, 5) is 37.3. The predicted octanol–water partition coefficient (Wildman–Crippen LogP) is 2.70. The van der Waals surface area contributed by atoms with Gasteiger partial charge >= 0.3 is 11.9 Å². The normalized spacial score (nSPS) is 14.2. The van der Waals surface area contributed by atoms with Crippen LogP contribution in [0.5, 0.6) is 5.75 Å². The van der Waals surface area contributed by atoms with Gasteiger partial charge in [-0.05, 0) is 49.2 Å². The molecule has 10 nitrogen and oxygen atoms in total. The Morgan fingerprint density at radius 2 is 1.53 bits per heavy atom. The number of nitrogens with zero attached hydrogens (tertiary/aromatic N) is 1. The summed E-state index contributed by atoms with van der Waals surface area (Å²) in [5.74, 6) is -2.00. The minimum absolute atomic E-state index is 0.000405. The number of amides is 1. The number of anilines is 1. The highest BCUT2D eigenvalue weighted by molar-refractivity contribution is 7.89. The number of piperidine rings is 1. The molecule has 3 rings (SSSR count). The van der Waals surface area contributed by atoms with Crippen LogP contribution in [-0.4, -0.2) is 65.0 Å². The van der Waals surface area contributed by atoms with Gasteiger partial charge < -0.3 is 19.5 Å². The van der Waals surface area contributed by atoms with Crippen molar-refractivity contribution in [2.75, 3.05) is 39.7 Å². The number of sulfonamides is 1. The van der Waals surface area contributed by atoms with E-state index in [2.05, 4.69) is 5.32 Å². The van der Waals surface area contributed by atoms with E-state index in [9.17, 15) is 22.8 Å². The number of hydrogen-bond donors (Lipinski definition) is 1. The molecule has 2 aromatic carbocycles. The van der Waals surface area contributed by atoms with Crippen LogP contribution in [-0.2, 0) is 19.5 Å². The zero-order valence-electron chi connectivity index (χ0n) is 19.1. The van der Waals surface area contributed by atoms with Gasteiger partial charge in [-0.2, -0.15) is 4.31 Å². The number of nitrogens with one attached hydrogen (secondary N) is 1. The Hall–Kier alpha value is -3.44. The van der Waals surface area contributed by atoms with Gasteiger partial charge in [0.05, 0.1) is 48.6 Å². The first kappa shape index (κ1) is 25.2. The second-order valence-electron chi connectivity index (χ2n) is 7.52. The molecular formula is C23H26N2O8S. The van der Waals surface area contributed by atoms with E-state index in [0.29, 0.717) is 13.1 Å². The zero-order valence-corrected chi connectivity index (χ0v) is 19.9. The highest BCUT2D eigenvalue weighted by Crippen LogP contribution is 2.28. The van der Waals surface area contributed by atoms with Crippen molar-refractivity contribution in [1.82, 2.24) is 4.31 Å². The molecule has 1 fully saturated rings. The molecule has 1 aliphatic heterocycles. The van der Waals surface area contributed by atoms with E-state index < -0.39 is 27.9 Å². The van der Waals surface area contributed by atoms with E-state index >= 15 is 0 Å². The monoisotopic (exact) mass is 490 g/mol. The van der Waals surface area contributed by atoms with Crippen molar-refractivity contribution in [3.05, 3.63) is 53.1 Å². The summed E-state index contributed by atoms with van der Waals surface area (Å²) in [5, 5.41) is 2.56. The smallest absolute Gasteiger partial charge is 0.339 e. The molecule has 0 aliphatic carbocycles. The number of carbonyl (C=O) groups is 3. The summed E-state index contributed by atoms with van der Waals surface area (Å²) < 4.78 is 42.3. The lowest BCUT2D eigenvalue weighted by Crippen LogP contribution is -2.35. The Labute approximate surface area is 197 Å². The highest BCUT2D eigenvalue weighted by Gasteiger charge is 2.28. The number of rotatable bonds is 7. The molecule has 11 heteroatoms. The summed E-state index contributed by atoms with van der Waals surface area (Å²) in [6, 6.07) is 7.98. The minimum Gasteiger partial charge on any atom is -0.496 e. The van der Waals surface area contributed by atoms with Gasteiger partial charge in [0.2, 0.25) is 10.0 Å². The Kier molecular flexibility index (Phi) is 7.90. The zero-order chi connectivity index (χ0) is 24.9. The average Bonchev–Trinajstić information content (AvgIpc) is 2.87. The van der Waals surface area contributed by atoms with Crippen molar-refractivity contribution in [2.45, 2.75) is 24.2 Å². The van der Waals surface area contributed by atoms with E-state index in [0.717, 1.165) is 19.3 Å². The number of ether oxygens (including phenoxy) is 3. The number of benzene rings is 2. The number of carbonyl (C=O) groups excluding carboxylic acids is 3. The molecule has 1 amide bonds. The Morgan fingerprint density at radius 1 is 0.853 bits per heavy atom. The van der Waals surface area contributed by atoms with Gasteiger partial charge in [-0.25, -0.2) is 18.0 Å². The lowest BCUT2D eigenvalue weighted by molar-refractivity contribution is 0.0587. The molecule has 34 heavy (non-hydrogen) atoms. The third kappa shape index (κ3) is 5.20. The SMILES string of the molecule is COC(=O)c1ccc(C(=O)OC)c(NC(=O)c2cc(S(=O)(=O)N3CCCCC3)ccc2OC)c1. The Bertz CT molecular complexity index is 1200. The summed E-state index contributed by atoms with van der Waals surface area (Å²) in [6.45, 7) is 0.831. The Morgan fingerprint density at radius 3 is 2.15 bits per heavy atom. The molecule has 0 aromatic heterocycles. The van der Waals surface area contributed by atoms with Crippen LogP contribution in [0.4, 0.5) is 5.69 Å². The van der Waals surface area contributed by atoms with E-state index in [1.54, 1.807) is 0 Å². The molecule has 182 valence electrons. The maximum absolute atomic E-state index is 13.2. The van der Waals surface area contributed by atoms with E-state index in [1.165, 1.54) is 62.0 Å². The van der Waals surface area contributed by atoms with Crippen LogP contribution < -0.4 is 10.1 Å². The number of methoxy groups -OCH3 is 3. The van der Waals surface area contributed by atoms with Crippen LogP contribution in [0.2, 0.25) is 0 Å². The fraction of sp³-hybridized carbons (Fsp3) is 0.348. The summed E-state index contributed by atoms with van der Waals surface area (Å²) >= 11 is 0. The van der Waals surface area contributed by atoms with Crippen molar-refractivity contribution >= 4 is 33.6 Å². The van der Waals surface area contributed by atoms with Gasteiger partial charge in [0.25, 0.3) is 5.91 Å². The third-order valence-electron chi connectivity index (χ3n) is 5.46. The van der Waals surface area contributed by atoms with Gasteiger partial charge in [-0.3, -0.25) is 4.79 Å². The van der Waals surface area contributed by atoms with E-state index in [4.69, 9.17) is 14.2 Å².